The Labute approximate surface area is 126 Å². The fraction of sp³-hybridized carbons (Fsp3) is 0.500. The third-order valence-corrected chi connectivity index (χ3v) is 4.15. The number of rotatable bonds is 5. The maximum absolute atomic E-state index is 10.1. The molecular formula is C14H21BClN2O2. The molecule has 0 saturated heterocycles. The standard InChI is InChI=1S/C14H21BClN2O2/c1-8-6-10(18)9(7-17)11(12(8)16)15-20-14(4,5)13(2,3)19/h6-7,17,19H,18H2,1-5H3. The van der Waals surface area contributed by atoms with E-state index in [2.05, 4.69) is 0 Å². The number of nitrogens with one attached hydrogen (secondary N) is 1. The number of halogens is 1. The van der Waals surface area contributed by atoms with Crippen LogP contribution in [0.1, 0.15) is 38.8 Å². The van der Waals surface area contributed by atoms with E-state index < -0.39 is 11.2 Å². The van der Waals surface area contributed by atoms with Gasteiger partial charge in [0.05, 0.1) is 11.2 Å². The first kappa shape index (κ1) is 17.0. The van der Waals surface area contributed by atoms with Gasteiger partial charge in [0.2, 0.25) is 0 Å². The quantitative estimate of drug-likeness (QED) is 0.442. The summed E-state index contributed by atoms with van der Waals surface area (Å²) in [5, 5.41) is 18.0. The molecule has 109 valence electrons. The number of aryl methyl sites for hydroxylation is 1. The Bertz CT molecular complexity index is 525. The fourth-order valence-electron chi connectivity index (χ4n) is 1.49. The van der Waals surface area contributed by atoms with Gasteiger partial charge in [0, 0.05) is 22.5 Å². The second-order valence-corrected chi connectivity index (χ2v) is 6.25. The summed E-state index contributed by atoms with van der Waals surface area (Å²) < 4.78 is 5.69. The molecule has 4 N–H and O–H groups in total. The molecule has 0 heterocycles. The molecule has 1 rings (SSSR count). The Morgan fingerprint density at radius 1 is 1.40 bits per heavy atom. The summed E-state index contributed by atoms with van der Waals surface area (Å²) in [6.45, 7) is 8.74. The molecule has 1 radical (unpaired) electrons. The summed E-state index contributed by atoms with van der Waals surface area (Å²) in [5.74, 6) is 0. The highest BCUT2D eigenvalue weighted by atomic mass is 35.5. The number of aliphatic hydroxyl groups is 1. The monoisotopic (exact) mass is 295 g/mol. The van der Waals surface area contributed by atoms with Gasteiger partial charge in [0.25, 0.3) is 0 Å². The highest BCUT2D eigenvalue weighted by Gasteiger charge is 2.36. The molecule has 0 amide bonds. The van der Waals surface area contributed by atoms with Crippen molar-refractivity contribution >= 4 is 36.4 Å². The Kier molecular flexibility index (Phi) is 4.90. The molecule has 20 heavy (non-hydrogen) atoms. The first-order chi connectivity index (χ1) is 9.01. The molecule has 4 nitrogen and oxygen atoms in total. The van der Waals surface area contributed by atoms with Crippen molar-refractivity contribution in [1.82, 2.24) is 0 Å². The van der Waals surface area contributed by atoms with Gasteiger partial charge in [-0.1, -0.05) is 11.6 Å². The van der Waals surface area contributed by atoms with Crippen LogP contribution in [0.15, 0.2) is 6.07 Å². The number of anilines is 1. The van der Waals surface area contributed by atoms with Crippen LogP contribution in [-0.2, 0) is 4.65 Å². The van der Waals surface area contributed by atoms with Gasteiger partial charge in [-0.2, -0.15) is 0 Å². The minimum absolute atomic E-state index is 0.470. The molecule has 6 heteroatoms. The number of hydrogen-bond donors (Lipinski definition) is 3. The zero-order chi connectivity index (χ0) is 15.7. The second-order valence-electron chi connectivity index (χ2n) is 5.87. The topological polar surface area (TPSA) is 79.3 Å². The van der Waals surface area contributed by atoms with Crippen LogP contribution < -0.4 is 11.2 Å². The van der Waals surface area contributed by atoms with E-state index in [-0.39, 0.29) is 0 Å². The second kappa shape index (κ2) is 5.76. The average Bonchev–Trinajstić information content (AvgIpc) is 2.30. The smallest absolute Gasteiger partial charge is 0.333 e. The van der Waals surface area contributed by atoms with Gasteiger partial charge in [0.15, 0.2) is 0 Å². The van der Waals surface area contributed by atoms with Crippen molar-refractivity contribution in [3.63, 3.8) is 0 Å². The number of benzene rings is 1. The van der Waals surface area contributed by atoms with E-state index in [4.69, 9.17) is 27.4 Å². The van der Waals surface area contributed by atoms with Crippen LogP contribution in [0.3, 0.4) is 0 Å². The Balaban J connectivity index is 3.13. The number of nitrogen functional groups attached to an aromatic ring is 1. The maximum Gasteiger partial charge on any atom is 0.333 e. The van der Waals surface area contributed by atoms with Crippen molar-refractivity contribution in [2.45, 2.75) is 45.8 Å². The minimum atomic E-state index is -1.03. The molecule has 0 aliphatic rings. The third-order valence-electron chi connectivity index (χ3n) is 3.64. The van der Waals surface area contributed by atoms with Crippen LogP contribution in [0.25, 0.3) is 0 Å². The van der Waals surface area contributed by atoms with Gasteiger partial charge < -0.3 is 20.9 Å². The molecule has 0 aromatic heterocycles. The van der Waals surface area contributed by atoms with E-state index in [9.17, 15) is 5.11 Å². The lowest BCUT2D eigenvalue weighted by molar-refractivity contribution is -0.0893. The molecule has 0 aliphatic heterocycles. The normalized spacial score (nSPS) is 12.3. The van der Waals surface area contributed by atoms with Crippen LogP contribution in [0.2, 0.25) is 5.02 Å². The van der Waals surface area contributed by atoms with Gasteiger partial charge >= 0.3 is 7.48 Å². The summed E-state index contributed by atoms with van der Waals surface area (Å²) in [6.07, 6.45) is 1.15. The Morgan fingerprint density at radius 2 is 1.95 bits per heavy atom. The van der Waals surface area contributed by atoms with E-state index >= 15 is 0 Å². The summed E-state index contributed by atoms with van der Waals surface area (Å²) in [7, 11) is 1.46. The van der Waals surface area contributed by atoms with E-state index in [0.29, 0.717) is 21.7 Å². The zero-order valence-corrected chi connectivity index (χ0v) is 13.3. The molecular weight excluding hydrogens is 274 g/mol. The molecule has 0 atom stereocenters. The highest BCUT2D eigenvalue weighted by Crippen LogP contribution is 2.25. The largest absolute Gasteiger partial charge is 0.427 e. The van der Waals surface area contributed by atoms with Crippen molar-refractivity contribution in [3.05, 3.63) is 22.2 Å². The molecule has 0 aliphatic carbocycles. The molecule has 0 unspecified atom stereocenters. The van der Waals surface area contributed by atoms with E-state index in [1.807, 2.05) is 6.92 Å². The molecule has 0 fully saturated rings. The SMILES string of the molecule is Cc1cc(N)c(C=N)c([B]OC(C)(C)C(C)(C)O)c1Cl. The highest BCUT2D eigenvalue weighted by molar-refractivity contribution is 6.56. The van der Waals surface area contributed by atoms with Crippen molar-refractivity contribution in [2.24, 2.45) is 0 Å². The fourth-order valence-corrected chi connectivity index (χ4v) is 1.69. The lowest BCUT2D eigenvalue weighted by atomic mass is 9.79. The van der Waals surface area contributed by atoms with Crippen LogP contribution in [0.5, 0.6) is 0 Å². The van der Waals surface area contributed by atoms with Gasteiger partial charge in [-0.15, -0.1) is 0 Å². The van der Waals surface area contributed by atoms with Crippen LogP contribution in [-0.4, -0.2) is 30.0 Å². The van der Waals surface area contributed by atoms with E-state index in [1.165, 1.54) is 7.48 Å². The van der Waals surface area contributed by atoms with Crippen LogP contribution in [0.4, 0.5) is 5.69 Å². The summed E-state index contributed by atoms with van der Waals surface area (Å²) in [6, 6.07) is 1.72. The minimum Gasteiger partial charge on any atom is -0.427 e. The zero-order valence-electron chi connectivity index (χ0n) is 12.5. The van der Waals surface area contributed by atoms with Crippen LogP contribution in [0, 0.1) is 12.3 Å². The number of hydrogen-bond acceptors (Lipinski definition) is 4. The van der Waals surface area contributed by atoms with Crippen molar-refractivity contribution in [2.75, 3.05) is 5.73 Å². The Hall–Kier alpha value is -1.04. The van der Waals surface area contributed by atoms with Gasteiger partial charge in [0.1, 0.15) is 0 Å². The third kappa shape index (κ3) is 3.34. The average molecular weight is 296 g/mol. The first-order valence-corrected chi connectivity index (χ1v) is 6.71. The summed E-state index contributed by atoms with van der Waals surface area (Å²) in [5.41, 5.74) is 6.39. The lowest BCUT2D eigenvalue weighted by Gasteiger charge is -2.37. The van der Waals surface area contributed by atoms with E-state index in [0.717, 1.165) is 11.8 Å². The van der Waals surface area contributed by atoms with E-state index in [1.54, 1.807) is 33.8 Å². The number of nitrogens with two attached hydrogens (primary N) is 1. The van der Waals surface area contributed by atoms with Crippen LogP contribution >= 0.6 is 11.6 Å². The predicted molar refractivity (Wildman–Crippen MR) is 85.3 cm³/mol. The van der Waals surface area contributed by atoms with Gasteiger partial charge in [-0.3, -0.25) is 0 Å². The van der Waals surface area contributed by atoms with Crippen molar-refractivity contribution in [1.29, 1.82) is 5.41 Å². The van der Waals surface area contributed by atoms with Crippen molar-refractivity contribution < 1.29 is 9.76 Å². The summed E-state index contributed by atoms with van der Waals surface area (Å²) >= 11 is 6.26. The van der Waals surface area contributed by atoms with Gasteiger partial charge in [-0.25, -0.2) is 0 Å². The molecule has 0 bridgehead atoms. The molecule has 1 aromatic rings. The lowest BCUT2D eigenvalue weighted by Crippen LogP contribution is -2.49. The van der Waals surface area contributed by atoms with Gasteiger partial charge in [-0.05, 0) is 51.7 Å². The molecule has 0 saturated carbocycles. The first-order valence-electron chi connectivity index (χ1n) is 6.33. The van der Waals surface area contributed by atoms with Crippen molar-refractivity contribution in [3.8, 4) is 0 Å². The maximum atomic E-state index is 10.1. The Morgan fingerprint density at radius 3 is 2.40 bits per heavy atom. The molecule has 0 spiro atoms. The molecule has 1 aromatic carbocycles. The summed E-state index contributed by atoms with van der Waals surface area (Å²) in [4.78, 5) is 0. The predicted octanol–water partition coefficient (Wildman–Crippen LogP) is 2.04.